The predicted molar refractivity (Wildman–Crippen MR) is 123 cm³/mol. The number of rotatable bonds is 6. The van der Waals surface area contributed by atoms with Crippen molar-refractivity contribution in [3.8, 4) is 28.3 Å². The smallest absolute Gasteiger partial charge is 0.153 e. The van der Waals surface area contributed by atoms with Gasteiger partial charge in [-0.1, -0.05) is 24.3 Å². The first-order valence-electron chi connectivity index (χ1n) is 10.1. The molecule has 160 valence electrons. The van der Waals surface area contributed by atoms with Gasteiger partial charge in [-0.25, -0.2) is 15.0 Å². The highest BCUT2D eigenvalue weighted by molar-refractivity contribution is 5.73. The zero-order chi connectivity index (χ0) is 22.1. The summed E-state index contributed by atoms with van der Waals surface area (Å²) < 4.78 is 8.96. The first-order valence-corrected chi connectivity index (χ1v) is 10.1. The van der Waals surface area contributed by atoms with E-state index in [1.165, 1.54) is 0 Å². The molecule has 9 heteroatoms. The third-order valence-corrected chi connectivity index (χ3v) is 5.25. The molecule has 3 N–H and O–H groups in total. The summed E-state index contributed by atoms with van der Waals surface area (Å²) in [5.41, 5.74) is 11.5. The molecule has 0 saturated carbocycles. The number of nitrogen functional groups attached to an aromatic ring is 1. The van der Waals surface area contributed by atoms with Crippen LogP contribution < -0.4 is 15.8 Å². The van der Waals surface area contributed by atoms with Crippen molar-refractivity contribution in [1.82, 2.24) is 29.1 Å². The van der Waals surface area contributed by atoms with Gasteiger partial charge in [-0.05, 0) is 17.2 Å². The lowest BCUT2D eigenvalue weighted by atomic mass is 10.1. The number of imidazole rings is 1. The van der Waals surface area contributed by atoms with Crippen molar-refractivity contribution in [2.45, 2.75) is 6.54 Å². The molecule has 0 unspecified atom stereocenters. The average Bonchev–Trinajstić information content (AvgIpc) is 3.40. The predicted octanol–water partition coefficient (Wildman–Crippen LogP) is 3.39. The number of benzene rings is 1. The van der Waals surface area contributed by atoms with Crippen LogP contribution in [0.5, 0.6) is 5.75 Å². The average molecular weight is 426 g/mol. The highest BCUT2D eigenvalue weighted by Crippen LogP contribution is 2.25. The molecule has 0 aliphatic rings. The fourth-order valence-electron chi connectivity index (χ4n) is 3.60. The van der Waals surface area contributed by atoms with E-state index in [0.717, 1.165) is 45.3 Å². The third kappa shape index (κ3) is 3.71. The summed E-state index contributed by atoms with van der Waals surface area (Å²) in [5.74, 6) is 2.02. The summed E-state index contributed by atoms with van der Waals surface area (Å²) in [6.07, 6.45) is 7.18. The number of hydrogen-bond acceptors (Lipinski definition) is 7. The van der Waals surface area contributed by atoms with Crippen LogP contribution in [-0.2, 0) is 13.6 Å². The van der Waals surface area contributed by atoms with Gasteiger partial charge in [0.05, 0.1) is 24.7 Å². The van der Waals surface area contributed by atoms with Gasteiger partial charge in [-0.2, -0.15) is 5.10 Å². The maximum absolute atomic E-state index is 5.98. The third-order valence-electron chi connectivity index (χ3n) is 5.25. The molecule has 0 aliphatic heterocycles. The monoisotopic (exact) mass is 426 g/mol. The summed E-state index contributed by atoms with van der Waals surface area (Å²) in [5, 5.41) is 7.56. The number of ether oxygens (including phenoxy) is 1. The van der Waals surface area contributed by atoms with Crippen LogP contribution in [0.15, 0.2) is 67.4 Å². The van der Waals surface area contributed by atoms with Gasteiger partial charge < -0.3 is 15.8 Å². The molecule has 5 rings (SSSR count). The van der Waals surface area contributed by atoms with Crippen LogP contribution in [0.3, 0.4) is 0 Å². The first kappa shape index (κ1) is 19.6. The van der Waals surface area contributed by atoms with Crippen LogP contribution in [0.2, 0.25) is 0 Å². The van der Waals surface area contributed by atoms with Crippen molar-refractivity contribution >= 4 is 17.3 Å². The van der Waals surface area contributed by atoms with E-state index >= 15 is 0 Å². The van der Waals surface area contributed by atoms with Crippen LogP contribution in [-0.4, -0.2) is 36.2 Å². The van der Waals surface area contributed by atoms with Crippen LogP contribution in [0.25, 0.3) is 28.2 Å². The van der Waals surface area contributed by atoms with Gasteiger partial charge in [-0.15, -0.1) is 0 Å². The van der Waals surface area contributed by atoms with Crippen molar-refractivity contribution < 1.29 is 4.74 Å². The molecule has 0 bridgehead atoms. The number of nitrogens with one attached hydrogen (secondary N) is 1. The van der Waals surface area contributed by atoms with Gasteiger partial charge in [0.2, 0.25) is 0 Å². The molecule has 0 saturated heterocycles. The second-order valence-corrected chi connectivity index (χ2v) is 7.38. The lowest BCUT2D eigenvalue weighted by Crippen LogP contribution is -2.02. The normalized spacial score (nSPS) is 11.1. The Balaban J connectivity index is 1.32. The first-order chi connectivity index (χ1) is 15.6. The van der Waals surface area contributed by atoms with E-state index in [4.69, 9.17) is 10.5 Å². The van der Waals surface area contributed by atoms with Crippen molar-refractivity contribution in [1.29, 1.82) is 0 Å². The number of methoxy groups -OCH3 is 1. The summed E-state index contributed by atoms with van der Waals surface area (Å²) in [6.45, 7) is 0.629. The number of aryl methyl sites for hydroxylation is 1. The number of fused-ring (bicyclic) bond motifs is 1. The molecule has 32 heavy (non-hydrogen) atoms. The molecule has 0 amide bonds. The Morgan fingerprint density at radius 2 is 1.91 bits per heavy atom. The Kier molecular flexibility index (Phi) is 4.91. The second-order valence-electron chi connectivity index (χ2n) is 7.38. The van der Waals surface area contributed by atoms with E-state index in [1.54, 1.807) is 24.3 Å². The van der Waals surface area contributed by atoms with E-state index in [0.29, 0.717) is 12.4 Å². The minimum Gasteiger partial charge on any atom is -0.497 e. The lowest BCUT2D eigenvalue weighted by Gasteiger charge is -2.08. The number of nitrogens with zero attached hydrogens (tertiary/aromatic N) is 6. The quantitative estimate of drug-likeness (QED) is 0.428. The molecule has 0 atom stereocenters. The van der Waals surface area contributed by atoms with Crippen molar-refractivity contribution in [3.63, 3.8) is 0 Å². The van der Waals surface area contributed by atoms with Crippen LogP contribution in [0, 0.1) is 0 Å². The Labute approximate surface area is 184 Å². The van der Waals surface area contributed by atoms with Gasteiger partial charge in [0, 0.05) is 43.7 Å². The van der Waals surface area contributed by atoms with Crippen molar-refractivity contribution in [2.75, 3.05) is 18.2 Å². The van der Waals surface area contributed by atoms with Crippen LogP contribution in [0.4, 0.5) is 11.6 Å². The largest absolute Gasteiger partial charge is 0.497 e. The molecular formula is C23H22N8O. The molecular weight excluding hydrogens is 404 g/mol. The van der Waals surface area contributed by atoms with Gasteiger partial charge >= 0.3 is 0 Å². The SMILES string of the molecule is COc1ccn2c(-c3cc(NCc4ccc(-c5cn(C)nc5N)cc4)ncn3)cnc2c1. The maximum Gasteiger partial charge on any atom is 0.153 e. The minimum atomic E-state index is 0.526. The highest BCUT2D eigenvalue weighted by Gasteiger charge is 2.10. The molecule has 9 nitrogen and oxygen atoms in total. The fraction of sp³-hybridized carbons (Fsp3) is 0.130. The standard InChI is InChI=1S/C23H22N8O/c1-30-13-18(23(24)29-30)16-5-3-15(4-6-16)11-25-21-10-19(27-14-28-21)20-12-26-22-9-17(32-2)7-8-31(20)22/h3-10,12-14H,11H2,1-2H3,(H2,24,29)(H,25,27,28). The van der Waals surface area contributed by atoms with Gasteiger partial charge in [0.15, 0.2) is 5.82 Å². The van der Waals surface area contributed by atoms with E-state index < -0.39 is 0 Å². The number of pyridine rings is 1. The molecule has 0 radical (unpaired) electrons. The van der Waals surface area contributed by atoms with E-state index in [9.17, 15) is 0 Å². The lowest BCUT2D eigenvalue weighted by molar-refractivity contribution is 0.414. The van der Waals surface area contributed by atoms with E-state index in [2.05, 4.69) is 37.5 Å². The molecule has 0 fully saturated rings. The Morgan fingerprint density at radius 1 is 1.06 bits per heavy atom. The highest BCUT2D eigenvalue weighted by atomic mass is 16.5. The van der Waals surface area contributed by atoms with Gasteiger partial charge in [0.25, 0.3) is 0 Å². The summed E-state index contributed by atoms with van der Waals surface area (Å²) >= 11 is 0. The number of anilines is 2. The molecule has 0 spiro atoms. The summed E-state index contributed by atoms with van der Waals surface area (Å²) in [6, 6.07) is 13.9. The summed E-state index contributed by atoms with van der Waals surface area (Å²) in [4.78, 5) is 13.2. The molecule has 4 aromatic heterocycles. The van der Waals surface area contributed by atoms with E-state index in [-0.39, 0.29) is 0 Å². The number of aromatic nitrogens is 6. The Bertz CT molecular complexity index is 1390. The van der Waals surface area contributed by atoms with Crippen LogP contribution >= 0.6 is 0 Å². The zero-order valence-electron chi connectivity index (χ0n) is 17.7. The zero-order valence-corrected chi connectivity index (χ0v) is 17.7. The summed E-state index contributed by atoms with van der Waals surface area (Å²) in [7, 11) is 3.50. The topological polar surface area (TPSA) is 108 Å². The molecule has 4 heterocycles. The van der Waals surface area contributed by atoms with Gasteiger partial charge in [-0.3, -0.25) is 9.08 Å². The number of hydrogen-bond donors (Lipinski definition) is 2. The minimum absolute atomic E-state index is 0.526. The van der Waals surface area contributed by atoms with E-state index in [1.807, 2.05) is 54.2 Å². The van der Waals surface area contributed by atoms with Crippen molar-refractivity contribution in [2.24, 2.45) is 7.05 Å². The van der Waals surface area contributed by atoms with Gasteiger partial charge in [0.1, 0.15) is 23.5 Å². The fourth-order valence-corrected chi connectivity index (χ4v) is 3.60. The molecule has 5 aromatic rings. The maximum atomic E-state index is 5.98. The number of nitrogens with two attached hydrogens (primary N) is 1. The van der Waals surface area contributed by atoms with Crippen molar-refractivity contribution in [3.05, 3.63) is 72.9 Å². The molecule has 0 aliphatic carbocycles. The molecule has 1 aromatic carbocycles. The Hall–Kier alpha value is -4.40. The van der Waals surface area contributed by atoms with Crippen LogP contribution in [0.1, 0.15) is 5.56 Å². The second kappa shape index (κ2) is 8.03. The Morgan fingerprint density at radius 3 is 2.66 bits per heavy atom.